The molecular formula is C18H25NO3. The Bertz CT molecular complexity index is 539. The summed E-state index contributed by atoms with van der Waals surface area (Å²) in [5.41, 5.74) is 1.93. The van der Waals surface area contributed by atoms with Crippen molar-refractivity contribution in [2.24, 2.45) is 5.92 Å². The van der Waals surface area contributed by atoms with E-state index in [1.165, 1.54) is 0 Å². The van der Waals surface area contributed by atoms with Gasteiger partial charge < -0.3 is 15.2 Å². The Morgan fingerprint density at radius 3 is 2.95 bits per heavy atom. The fourth-order valence-corrected chi connectivity index (χ4v) is 2.97. The van der Waals surface area contributed by atoms with Crippen LogP contribution >= 0.6 is 0 Å². The van der Waals surface area contributed by atoms with E-state index in [1.807, 2.05) is 18.2 Å². The van der Waals surface area contributed by atoms with Gasteiger partial charge in [0.25, 0.3) is 0 Å². The number of unbranched alkanes of at least 4 members (excludes halogenated alkanes) is 1. The fraction of sp³-hybridized carbons (Fsp3) is 0.611. The van der Waals surface area contributed by atoms with Crippen molar-refractivity contribution >= 4 is 5.91 Å². The van der Waals surface area contributed by atoms with Crippen molar-refractivity contribution in [3.63, 3.8) is 0 Å². The van der Waals surface area contributed by atoms with Crippen LogP contribution in [0, 0.1) is 5.92 Å². The van der Waals surface area contributed by atoms with Crippen molar-refractivity contribution in [3.05, 3.63) is 29.3 Å². The van der Waals surface area contributed by atoms with Crippen LogP contribution in [0.3, 0.4) is 0 Å². The molecule has 0 spiro atoms. The summed E-state index contributed by atoms with van der Waals surface area (Å²) >= 11 is 0. The molecule has 1 aromatic carbocycles. The van der Waals surface area contributed by atoms with Crippen LogP contribution in [0.25, 0.3) is 0 Å². The zero-order valence-electron chi connectivity index (χ0n) is 13.2. The molecule has 2 unspecified atom stereocenters. The Morgan fingerprint density at radius 2 is 2.23 bits per heavy atom. The molecule has 0 aromatic heterocycles. The van der Waals surface area contributed by atoms with Crippen molar-refractivity contribution < 1.29 is 14.6 Å². The van der Waals surface area contributed by atoms with Gasteiger partial charge in [-0.05, 0) is 37.0 Å². The molecule has 1 aliphatic heterocycles. The molecule has 4 heteroatoms. The number of nitrogens with one attached hydrogen (secondary N) is 1. The lowest BCUT2D eigenvalue weighted by Gasteiger charge is -2.28. The molecule has 2 N–H and O–H groups in total. The molecule has 4 nitrogen and oxygen atoms in total. The molecule has 3 rings (SSSR count). The molecule has 1 amide bonds. The van der Waals surface area contributed by atoms with Crippen LogP contribution in [0.1, 0.15) is 68.7 Å². The van der Waals surface area contributed by atoms with E-state index in [9.17, 15) is 9.90 Å². The second-order valence-corrected chi connectivity index (χ2v) is 6.43. The van der Waals surface area contributed by atoms with Gasteiger partial charge in [0.05, 0.1) is 18.8 Å². The van der Waals surface area contributed by atoms with Crippen LogP contribution in [0.4, 0.5) is 0 Å². The summed E-state index contributed by atoms with van der Waals surface area (Å²) in [6.07, 6.45) is 5.23. The first-order chi connectivity index (χ1) is 10.7. The van der Waals surface area contributed by atoms with Crippen molar-refractivity contribution in [1.82, 2.24) is 5.32 Å². The second kappa shape index (κ2) is 6.69. The molecule has 0 bridgehead atoms. The SMILES string of the molecule is CCCCC(O)c1ccc2c(c1)C(NC(=O)C1CC1)CCO2. The summed E-state index contributed by atoms with van der Waals surface area (Å²) in [6, 6.07) is 5.88. The lowest BCUT2D eigenvalue weighted by atomic mass is 9.95. The van der Waals surface area contributed by atoms with Gasteiger partial charge in [0, 0.05) is 17.9 Å². The third kappa shape index (κ3) is 3.43. The summed E-state index contributed by atoms with van der Waals surface area (Å²) in [6.45, 7) is 2.75. The summed E-state index contributed by atoms with van der Waals surface area (Å²) < 4.78 is 5.69. The number of fused-ring (bicyclic) bond motifs is 1. The number of carbonyl (C=O) groups is 1. The minimum absolute atomic E-state index is 0.00942. The number of amides is 1. The first-order valence-corrected chi connectivity index (χ1v) is 8.44. The summed E-state index contributed by atoms with van der Waals surface area (Å²) in [7, 11) is 0. The minimum atomic E-state index is -0.438. The summed E-state index contributed by atoms with van der Waals surface area (Å²) in [5, 5.41) is 13.4. The van der Waals surface area contributed by atoms with Crippen molar-refractivity contribution in [1.29, 1.82) is 0 Å². The van der Waals surface area contributed by atoms with Gasteiger partial charge in [0.1, 0.15) is 5.75 Å². The maximum absolute atomic E-state index is 12.0. The smallest absolute Gasteiger partial charge is 0.223 e. The molecular weight excluding hydrogens is 278 g/mol. The van der Waals surface area contributed by atoms with Crippen LogP contribution in [-0.2, 0) is 4.79 Å². The maximum Gasteiger partial charge on any atom is 0.223 e. The Balaban J connectivity index is 1.76. The molecule has 0 radical (unpaired) electrons. The highest BCUT2D eigenvalue weighted by molar-refractivity contribution is 5.81. The second-order valence-electron chi connectivity index (χ2n) is 6.43. The average molecular weight is 303 g/mol. The van der Waals surface area contributed by atoms with E-state index in [4.69, 9.17) is 4.74 Å². The highest BCUT2D eigenvalue weighted by Gasteiger charge is 2.32. The van der Waals surface area contributed by atoms with E-state index < -0.39 is 6.10 Å². The Kier molecular flexibility index (Phi) is 4.67. The van der Waals surface area contributed by atoms with Gasteiger partial charge in [0.2, 0.25) is 5.91 Å². The first kappa shape index (κ1) is 15.3. The molecule has 1 heterocycles. The average Bonchev–Trinajstić information content (AvgIpc) is 3.37. The molecule has 1 aromatic rings. The highest BCUT2D eigenvalue weighted by Crippen LogP contribution is 2.36. The monoisotopic (exact) mass is 303 g/mol. The van der Waals surface area contributed by atoms with Crippen LogP contribution in [-0.4, -0.2) is 17.6 Å². The largest absolute Gasteiger partial charge is 0.493 e. The van der Waals surface area contributed by atoms with Crippen LogP contribution in [0.15, 0.2) is 18.2 Å². The van der Waals surface area contributed by atoms with Gasteiger partial charge >= 0.3 is 0 Å². The molecule has 2 aliphatic rings. The van der Waals surface area contributed by atoms with Gasteiger partial charge in [0.15, 0.2) is 0 Å². The molecule has 0 saturated heterocycles. The zero-order valence-corrected chi connectivity index (χ0v) is 13.2. The lowest BCUT2D eigenvalue weighted by molar-refractivity contribution is -0.123. The number of hydrogen-bond acceptors (Lipinski definition) is 3. The highest BCUT2D eigenvalue weighted by atomic mass is 16.5. The number of carbonyl (C=O) groups excluding carboxylic acids is 1. The molecule has 1 saturated carbocycles. The number of ether oxygens (including phenoxy) is 1. The molecule has 120 valence electrons. The summed E-state index contributed by atoms with van der Waals surface area (Å²) in [5.74, 6) is 1.21. The summed E-state index contributed by atoms with van der Waals surface area (Å²) in [4.78, 5) is 12.0. The Morgan fingerprint density at radius 1 is 1.41 bits per heavy atom. The number of aliphatic hydroxyl groups excluding tert-OH is 1. The van der Waals surface area contributed by atoms with E-state index in [1.54, 1.807) is 0 Å². The van der Waals surface area contributed by atoms with E-state index in [0.717, 1.165) is 55.4 Å². The standard InChI is InChI=1S/C18H25NO3/c1-2-3-4-16(20)13-7-8-17-14(11-13)15(9-10-22-17)19-18(21)12-5-6-12/h7-8,11-12,15-16,20H,2-6,9-10H2,1H3,(H,19,21). The van der Waals surface area contributed by atoms with Crippen LogP contribution < -0.4 is 10.1 Å². The molecule has 1 aliphatic carbocycles. The van der Waals surface area contributed by atoms with Gasteiger partial charge in [-0.15, -0.1) is 0 Å². The van der Waals surface area contributed by atoms with Gasteiger partial charge in [-0.2, -0.15) is 0 Å². The Labute approximate surface area is 131 Å². The van der Waals surface area contributed by atoms with Gasteiger partial charge in [-0.25, -0.2) is 0 Å². The first-order valence-electron chi connectivity index (χ1n) is 8.44. The fourth-order valence-electron chi connectivity index (χ4n) is 2.97. The lowest BCUT2D eigenvalue weighted by Crippen LogP contribution is -2.33. The van der Waals surface area contributed by atoms with Crippen molar-refractivity contribution in [2.45, 2.75) is 57.6 Å². The van der Waals surface area contributed by atoms with Crippen LogP contribution in [0.5, 0.6) is 5.75 Å². The maximum atomic E-state index is 12.0. The molecule has 22 heavy (non-hydrogen) atoms. The normalized spacial score (nSPS) is 21.6. The quantitative estimate of drug-likeness (QED) is 0.848. The van der Waals surface area contributed by atoms with Crippen molar-refractivity contribution in [3.8, 4) is 5.75 Å². The zero-order chi connectivity index (χ0) is 15.5. The van der Waals surface area contributed by atoms with Crippen LogP contribution in [0.2, 0.25) is 0 Å². The van der Waals surface area contributed by atoms with Gasteiger partial charge in [-0.3, -0.25) is 4.79 Å². The minimum Gasteiger partial charge on any atom is -0.493 e. The molecule has 1 fully saturated rings. The molecule has 2 atom stereocenters. The Hall–Kier alpha value is -1.55. The topological polar surface area (TPSA) is 58.6 Å². The predicted molar refractivity (Wildman–Crippen MR) is 84.6 cm³/mol. The number of benzene rings is 1. The predicted octanol–water partition coefficient (Wildman–Crippen LogP) is 3.26. The van der Waals surface area contributed by atoms with Gasteiger partial charge in [-0.1, -0.05) is 25.8 Å². The van der Waals surface area contributed by atoms with E-state index in [-0.39, 0.29) is 17.9 Å². The number of aliphatic hydroxyl groups is 1. The number of rotatable bonds is 6. The van der Waals surface area contributed by atoms with E-state index in [0.29, 0.717) is 6.61 Å². The van der Waals surface area contributed by atoms with E-state index >= 15 is 0 Å². The number of hydrogen-bond donors (Lipinski definition) is 2. The third-order valence-corrected chi connectivity index (χ3v) is 4.55. The van der Waals surface area contributed by atoms with Crippen molar-refractivity contribution in [2.75, 3.05) is 6.61 Å². The van der Waals surface area contributed by atoms with E-state index in [2.05, 4.69) is 12.2 Å². The third-order valence-electron chi connectivity index (χ3n) is 4.55.